The monoisotopic (exact) mass is 203 g/mol. The Hall–Kier alpha value is -1.68. The van der Waals surface area contributed by atoms with E-state index in [-0.39, 0.29) is 6.04 Å². The van der Waals surface area contributed by atoms with Gasteiger partial charge in [0.2, 0.25) is 0 Å². The smallest absolute Gasteiger partial charge is 0.115 e. The molecule has 1 unspecified atom stereocenters. The third-order valence-corrected chi connectivity index (χ3v) is 2.30. The van der Waals surface area contributed by atoms with Crippen molar-refractivity contribution < 1.29 is 4.42 Å². The molecule has 0 bridgehead atoms. The number of hydrogen-bond donors (Lipinski definition) is 1. The first-order valence-corrected chi connectivity index (χ1v) is 4.85. The Morgan fingerprint density at radius 2 is 2.40 bits per heavy atom. The van der Waals surface area contributed by atoms with E-state index in [4.69, 9.17) is 4.42 Å². The number of nitrogens with zero attached hydrogens (tertiary/aromatic N) is 2. The maximum absolute atomic E-state index is 5.30. The van der Waals surface area contributed by atoms with E-state index in [0.717, 1.165) is 17.9 Å². The predicted octanol–water partition coefficient (Wildman–Crippen LogP) is 1.57. The zero-order valence-corrected chi connectivity index (χ0v) is 8.55. The Morgan fingerprint density at radius 3 is 3.00 bits per heavy atom. The Balaban J connectivity index is 2.12. The Kier molecular flexibility index (Phi) is 3.09. The minimum absolute atomic E-state index is 0.166. The maximum atomic E-state index is 5.30. The van der Waals surface area contributed by atoms with Gasteiger partial charge in [0.1, 0.15) is 12.1 Å². The van der Waals surface area contributed by atoms with Crippen LogP contribution in [-0.4, -0.2) is 17.0 Å². The molecular formula is C11H13N3O. The number of likely N-dealkylation sites (N-methyl/N-ethyl adjacent to an activating group) is 1. The second kappa shape index (κ2) is 4.70. The van der Waals surface area contributed by atoms with E-state index in [0.29, 0.717) is 0 Å². The first-order valence-electron chi connectivity index (χ1n) is 4.85. The van der Waals surface area contributed by atoms with Gasteiger partial charge in [0.25, 0.3) is 0 Å². The zero-order valence-electron chi connectivity index (χ0n) is 8.55. The number of rotatable bonds is 4. The molecule has 0 saturated heterocycles. The lowest BCUT2D eigenvalue weighted by molar-refractivity contribution is 0.461. The van der Waals surface area contributed by atoms with Gasteiger partial charge in [-0.3, -0.25) is 0 Å². The van der Waals surface area contributed by atoms with E-state index >= 15 is 0 Å². The normalized spacial score (nSPS) is 12.6. The van der Waals surface area contributed by atoms with Gasteiger partial charge >= 0.3 is 0 Å². The van der Waals surface area contributed by atoms with Crippen LogP contribution < -0.4 is 5.32 Å². The molecule has 0 aliphatic heterocycles. The van der Waals surface area contributed by atoms with Crippen molar-refractivity contribution >= 4 is 0 Å². The van der Waals surface area contributed by atoms with Crippen LogP contribution >= 0.6 is 0 Å². The molecule has 0 aliphatic carbocycles. The third-order valence-electron chi connectivity index (χ3n) is 2.30. The summed E-state index contributed by atoms with van der Waals surface area (Å²) >= 11 is 0. The third kappa shape index (κ3) is 2.41. The lowest BCUT2D eigenvalue weighted by Crippen LogP contribution is -2.19. The summed E-state index contributed by atoms with van der Waals surface area (Å²) in [4.78, 5) is 8.11. The van der Waals surface area contributed by atoms with Gasteiger partial charge in [0, 0.05) is 12.6 Å². The molecule has 2 aromatic heterocycles. The summed E-state index contributed by atoms with van der Waals surface area (Å²) in [6, 6.07) is 5.93. The van der Waals surface area contributed by atoms with E-state index in [1.807, 2.05) is 25.2 Å². The molecule has 4 heteroatoms. The van der Waals surface area contributed by atoms with Crippen molar-refractivity contribution in [3.63, 3.8) is 0 Å². The van der Waals surface area contributed by atoms with Crippen molar-refractivity contribution in [2.75, 3.05) is 7.05 Å². The molecule has 78 valence electrons. The summed E-state index contributed by atoms with van der Waals surface area (Å²) in [5, 5.41) is 3.21. The predicted molar refractivity (Wildman–Crippen MR) is 56.2 cm³/mol. The van der Waals surface area contributed by atoms with Gasteiger partial charge in [0.15, 0.2) is 0 Å². The highest BCUT2D eigenvalue weighted by Gasteiger charge is 2.12. The molecule has 0 spiro atoms. The molecule has 0 aliphatic rings. The molecule has 0 fully saturated rings. The van der Waals surface area contributed by atoms with Gasteiger partial charge in [-0.1, -0.05) is 0 Å². The quantitative estimate of drug-likeness (QED) is 0.819. The maximum Gasteiger partial charge on any atom is 0.115 e. The summed E-state index contributed by atoms with van der Waals surface area (Å²) in [5.74, 6) is 0.952. The number of furan rings is 1. The van der Waals surface area contributed by atoms with Gasteiger partial charge < -0.3 is 9.73 Å². The summed E-state index contributed by atoms with van der Waals surface area (Å²) < 4.78 is 5.30. The second-order valence-corrected chi connectivity index (χ2v) is 3.26. The molecule has 1 atom stereocenters. The first kappa shape index (κ1) is 9.86. The summed E-state index contributed by atoms with van der Waals surface area (Å²) in [6.45, 7) is 0. The van der Waals surface area contributed by atoms with Crippen LogP contribution in [0.4, 0.5) is 0 Å². The Morgan fingerprint density at radius 1 is 1.47 bits per heavy atom. The highest BCUT2D eigenvalue weighted by atomic mass is 16.3. The van der Waals surface area contributed by atoms with E-state index < -0.39 is 0 Å². The lowest BCUT2D eigenvalue weighted by atomic mass is 10.1. The highest BCUT2D eigenvalue weighted by molar-refractivity contribution is 5.09. The fourth-order valence-electron chi connectivity index (χ4n) is 1.49. The molecule has 0 radical (unpaired) electrons. The van der Waals surface area contributed by atoms with Crippen molar-refractivity contribution in [3.05, 3.63) is 48.4 Å². The van der Waals surface area contributed by atoms with Gasteiger partial charge in [-0.05, 0) is 25.2 Å². The van der Waals surface area contributed by atoms with E-state index in [2.05, 4.69) is 15.3 Å². The Bertz CT molecular complexity index is 385. The standard InChI is InChI=1S/C11H13N3O/c1-12-11(7-9-3-2-6-15-9)10-4-5-13-8-14-10/h2-6,8,11-12H,7H2,1H3. The van der Waals surface area contributed by atoms with Gasteiger partial charge in [-0.2, -0.15) is 0 Å². The van der Waals surface area contributed by atoms with Crippen LogP contribution in [0.15, 0.2) is 41.4 Å². The molecular weight excluding hydrogens is 190 g/mol. The van der Waals surface area contributed by atoms with Crippen LogP contribution in [0.2, 0.25) is 0 Å². The number of hydrogen-bond acceptors (Lipinski definition) is 4. The second-order valence-electron chi connectivity index (χ2n) is 3.26. The van der Waals surface area contributed by atoms with Crippen LogP contribution in [0.5, 0.6) is 0 Å². The minimum Gasteiger partial charge on any atom is -0.469 e. The fourth-order valence-corrected chi connectivity index (χ4v) is 1.49. The lowest BCUT2D eigenvalue weighted by Gasteiger charge is -2.13. The van der Waals surface area contributed by atoms with Gasteiger partial charge in [0.05, 0.1) is 18.0 Å². The number of aromatic nitrogens is 2. The van der Waals surface area contributed by atoms with Gasteiger partial charge in [-0.25, -0.2) is 9.97 Å². The molecule has 15 heavy (non-hydrogen) atoms. The molecule has 1 N–H and O–H groups in total. The van der Waals surface area contributed by atoms with Crippen LogP contribution in [-0.2, 0) is 6.42 Å². The van der Waals surface area contributed by atoms with Crippen molar-refractivity contribution in [1.82, 2.24) is 15.3 Å². The van der Waals surface area contributed by atoms with Crippen molar-refractivity contribution in [2.24, 2.45) is 0 Å². The molecule has 4 nitrogen and oxygen atoms in total. The number of nitrogens with one attached hydrogen (secondary N) is 1. The van der Waals surface area contributed by atoms with Crippen LogP contribution in [0, 0.1) is 0 Å². The highest BCUT2D eigenvalue weighted by Crippen LogP contribution is 2.15. The molecule has 0 amide bonds. The molecule has 2 aromatic rings. The topological polar surface area (TPSA) is 51.0 Å². The summed E-state index contributed by atoms with van der Waals surface area (Å²) in [7, 11) is 1.91. The fraction of sp³-hybridized carbons (Fsp3) is 0.273. The first-order chi connectivity index (χ1) is 7.40. The summed E-state index contributed by atoms with van der Waals surface area (Å²) in [5.41, 5.74) is 0.976. The van der Waals surface area contributed by atoms with Gasteiger partial charge in [-0.15, -0.1) is 0 Å². The SMILES string of the molecule is CNC(Cc1ccco1)c1ccncn1. The average Bonchev–Trinajstić information content (AvgIpc) is 2.80. The average molecular weight is 203 g/mol. The molecule has 0 saturated carbocycles. The van der Waals surface area contributed by atoms with Crippen molar-refractivity contribution in [3.8, 4) is 0 Å². The molecule has 2 heterocycles. The van der Waals surface area contributed by atoms with E-state index in [1.165, 1.54) is 0 Å². The van der Waals surface area contributed by atoms with Crippen LogP contribution in [0.25, 0.3) is 0 Å². The molecule has 2 rings (SSSR count). The van der Waals surface area contributed by atoms with Crippen molar-refractivity contribution in [1.29, 1.82) is 0 Å². The van der Waals surface area contributed by atoms with Crippen LogP contribution in [0.3, 0.4) is 0 Å². The Labute approximate surface area is 88.4 Å². The van der Waals surface area contributed by atoms with E-state index in [1.54, 1.807) is 18.8 Å². The van der Waals surface area contributed by atoms with E-state index in [9.17, 15) is 0 Å². The van der Waals surface area contributed by atoms with Crippen LogP contribution in [0.1, 0.15) is 17.5 Å². The minimum atomic E-state index is 0.166. The summed E-state index contributed by atoms with van der Waals surface area (Å²) in [6.07, 6.45) is 5.78. The zero-order chi connectivity index (χ0) is 10.5. The largest absolute Gasteiger partial charge is 0.469 e. The van der Waals surface area contributed by atoms with Crippen molar-refractivity contribution in [2.45, 2.75) is 12.5 Å². The molecule has 0 aromatic carbocycles.